The van der Waals surface area contributed by atoms with Crippen LogP contribution in [0.4, 0.5) is 5.82 Å². The third kappa shape index (κ3) is 3.69. The SMILES string of the molecule is CC.CC(=O)N1CCN(c2cnccn2)CC1. The summed E-state index contributed by atoms with van der Waals surface area (Å²) >= 11 is 0. The summed E-state index contributed by atoms with van der Waals surface area (Å²) in [6.45, 7) is 8.81. The third-order valence-electron chi connectivity index (χ3n) is 2.60. The lowest BCUT2D eigenvalue weighted by molar-refractivity contribution is -0.129. The number of aromatic nitrogens is 2. The molecule has 0 saturated carbocycles. The summed E-state index contributed by atoms with van der Waals surface area (Å²) in [7, 11) is 0. The standard InChI is InChI=1S/C10H14N4O.C2H6/c1-9(15)13-4-6-14(7-5-13)10-8-11-2-3-12-10;1-2/h2-3,8H,4-7H2,1H3;1-2H3. The highest BCUT2D eigenvalue weighted by molar-refractivity contribution is 5.73. The smallest absolute Gasteiger partial charge is 0.219 e. The number of piperazine rings is 1. The molecule has 94 valence electrons. The Balaban J connectivity index is 0.000000686. The molecule has 0 radical (unpaired) electrons. The monoisotopic (exact) mass is 236 g/mol. The molecule has 2 heterocycles. The fourth-order valence-corrected chi connectivity index (χ4v) is 1.70. The van der Waals surface area contributed by atoms with Gasteiger partial charge in [0.25, 0.3) is 0 Å². The van der Waals surface area contributed by atoms with Gasteiger partial charge in [-0.25, -0.2) is 4.98 Å². The Labute approximate surface area is 102 Å². The minimum Gasteiger partial charge on any atom is -0.352 e. The predicted molar refractivity (Wildman–Crippen MR) is 67.8 cm³/mol. The van der Waals surface area contributed by atoms with Crippen LogP contribution in [0.1, 0.15) is 20.8 Å². The fourth-order valence-electron chi connectivity index (χ4n) is 1.70. The maximum absolute atomic E-state index is 11.1. The van der Waals surface area contributed by atoms with Crippen LogP contribution in [0.3, 0.4) is 0 Å². The highest BCUT2D eigenvalue weighted by atomic mass is 16.2. The molecule has 1 aromatic heterocycles. The van der Waals surface area contributed by atoms with Crippen LogP contribution in [0.25, 0.3) is 0 Å². The highest BCUT2D eigenvalue weighted by Crippen LogP contribution is 2.10. The summed E-state index contributed by atoms with van der Waals surface area (Å²) in [5, 5.41) is 0. The molecule has 1 aliphatic heterocycles. The molecule has 0 unspecified atom stereocenters. The topological polar surface area (TPSA) is 49.3 Å². The fraction of sp³-hybridized carbons (Fsp3) is 0.583. The maximum Gasteiger partial charge on any atom is 0.219 e. The van der Waals surface area contributed by atoms with Gasteiger partial charge in [-0.05, 0) is 0 Å². The van der Waals surface area contributed by atoms with Crippen molar-refractivity contribution in [3.8, 4) is 0 Å². The number of hydrogen-bond donors (Lipinski definition) is 0. The van der Waals surface area contributed by atoms with Gasteiger partial charge in [-0.3, -0.25) is 9.78 Å². The van der Waals surface area contributed by atoms with Crippen molar-refractivity contribution >= 4 is 11.7 Å². The quantitative estimate of drug-likeness (QED) is 0.734. The molecule has 5 heteroatoms. The molecule has 1 aromatic rings. The van der Waals surface area contributed by atoms with Crippen molar-refractivity contribution in [1.82, 2.24) is 14.9 Å². The summed E-state index contributed by atoms with van der Waals surface area (Å²) in [5.74, 6) is 1.04. The van der Waals surface area contributed by atoms with Crippen molar-refractivity contribution in [2.45, 2.75) is 20.8 Å². The second-order valence-electron chi connectivity index (χ2n) is 3.56. The van der Waals surface area contributed by atoms with Crippen LogP contribution in [-0.4, -0.2) is 47.0 Å². The first-order valence-electron chi connectivity index (χ1n) is 6.04. The molecule has 1 amide bonds. The lowest BCUT2D eigenvalue weighted by Gasteiger charge is -2.34. The Morgan fingerprint density at radius 3 is 2.29 bits per heavy atom. The summed E-state index contributed by atoms with van der Waals surface area (Å²) in [5.41, 5.74) is 0. The number of amides is 1. The number of carbonyl (C=O) groups excluding carboxylic acids is 1. The Kier molecular flexibility index (Phi) is 5.39. The van der Waals surface area contributed by atoms with Crippen LogP contribution in [0.2, 0.25) is 0 Å². The number of carbonyl (C=O) groups is 1. The van der Waals surface area contributed by atoms with Crippen molar-refractivity contribution < 1.29 is 4.79 Å². The van der Waals surface area contributed by atoms with Crippen molar-refractivity contribution in [2.24, 2.45) is 0 Å². The van der Waals surface area contributed by atoms with Crippen molar-refractivity contribution in [1.29, 1.82) is 0 Å². The molecule has 0 aromatic carbocycles. The third-order valence-corrected chi connectivity index (χ3v) is 2.60. The van der Waals surface area contributed by atoms with Gasteiger partial charge in [0, 0.05) is 45.5 Å². The van der Waals surface area contributed by atoms with Crippen molar-refractivity contribution in [3.63, 3.8) is 0 Å². The summed E-state index contributed by atoms with van der Waals surface area (Å²) in [6, 6.07) is 0. The lowest BCUT2D eigenvalue weighted by Crippen LogP contribution is -2.48. The molecule has 1 saturated heterocycles. The van der Waals surface area contributed by atoms with Gasteiger partial charge in [0.05, 0.1) is 6.20 Å². The molecule has 0 atom stereocenters. The van der Waals surface area contributed by atoms with Crippen LogP contribution in [0.15, 0.2) is 18.6 Å². The Morgan fingerprint density at radius 2 is 1.82 bits per heavy atom. The molecule has 0 bridgehead atoms. The van der Waals surface area contributed by atoms with E-state index < -0.39 is 0 Å². The van der Waals surface area contributed by atoms with Crippen LogP contribution in [0, 0.1) is 0 Å². The minimum absolute atomic E-state index is 0.147. The zero-order valence-corrected chi connectivity index (χ0v) is 10.8. The number of rotatable bonds is 1. The predicted octanol–water partition coefficient (Wildman–Crippen LogP) is 1.17. The molecular weight excluding hydrogens is 216 g/mol. The second-order valence-corrected chi connectivity index (χ2v) is 3.56. The van der Waals surface area contributed by atoms with E-state index >= 15 is 0 Å². The molecule has 0 N–H and O–H groups in total. The summed E-state index contributed by atoms with van der Waals surface area (Å²) in [4.78, 5) is 23.4. The Hall–Kier alpha value is -1.65. The summed E-state index contributed by atoms with van der Waals surface area (Å²) < 4.78 is 0. The average molecular weight is 236 g/mol. The van der Waals surface area contributed by atoms with Crippen molar-refractivity contribution in [3.05, 3.63) is 18.6 Å². The molecule has 2 rings (SSSR count). The van der Waals surface area contributed by atoms with Gasteiger partial charge in [-0.15, -0.1) is 0 Å². The van der Waals surface area contributed by atoms with E-state index in [1.165, 1.54) is 0 Å². The van der Waals surface area contributed by atoms with Gasteiger partial charge in [0.15, 0.2) is 0 Å². The minimum atomic E-state index is 0.147. The summed E-state index contributed by atoms with van der Waals surface area (Å²) in [6.07, 6.45) is 5.10. The van der Waals surface area contributed by atoms with E-state index in [2.05, 4.69) is 14.9 Å². The van der Waals surface area contributed by atoms with Gasteiger partial charge >= 0.3 is 0 Å². The first-order valence-corrected chi connectivity index (χ1v) is 6.04. The molecule has 0 aliphatic carbocycles. The number of hydrogen-bond acceptors (Lipinski definition) is 4. The Bertz CT molecular complexity index is 334. The van der Waals surface area contributed by atoms with Crippen molar-refractivity contribution in [2.75, 3.05) is 31.1 Å². The number of anilines is 1. The van der Waals surface area contributed by atoms with E-state index in [0.29, 0.717) is 0 Å². The average Bonchev–Trinajstić information content (AvgIpc) is 2.42. The van der Waals surface area contributed by atoms with E-state index in [-0.39, 0.29) is 5.91 Å². The van der Waals surface area contributed by atoms with E-state index in [0.717, 1.165) is 32.0 Å². The second kappa shape index (κ2) is 6.83. The van der Waals surface area contributed by atoms with Gasteiger partial charge < -0.3 is 9.80 Å². The maximum atomic E-state index is 11.1. The molecule has 1 fully saturated rings. The molecule has 5 nitrogen and oxygen atoms in total. The van der Waals surface area contributed by atoms with Crippen LogP contribution >= 0.6 is 0 Å². The van der Waals surface area contributed by atoms with E-state index in [9.17, 15) is 4.79 Å². The zero-order valence-electron chi connectivity index (χ0n) is 10.8. The Morgan fingerprint density at radius 1 is 1.18 bits per heavy atom. The van der Waals surface area contributed by atoms with Gasteiger partial charge in [0.1, 0.15) is 5.82 Å². The van der Waals surface area contributed by atoms with E-state index in [1.807, 2.05) is 18.7 Å². The van der Waals surface area contributed by atoms with Gasteiger partial charge in [0.2, 0.25) is 5.91 Å². The van der Waals surface area contributed by atoms with Gasteiger partial charge in [-0.1, -0.05) is 13.8 Å². The van der Waals surface area contributed by atoms with Crippen LogP contribution in [0.5, 0.6) is 0 Å². The van der Waals surface area contributed by atoms with E-state index in [1.54, 1.807) is 25.5 Å². The molecule has 1 aliphatic rings. The highest BCUT2D eigenvalue weighted by Gasteiger charge is 2.19. The number of nitrogens with zero attached hydrogens (tertiary/aromatic N) is 4. The lowest BCUT2D eigenvalue weighted by atomic mass is 10.3. The molecule has 0 spiro atoms. The molecule has 17 heavy (non-hydrogen) atoms. The van der Waals surface area contributed by atoms with Crippen LogP contribution < -0.4 is 4.90 Å². The van der Waals surface area contributed by atoms with Gasteiger partial charge in [-0.2, -0.15) is 0 Å². The zero-order chi connectivity index (χ0) is 12.7. The largest absolute Gasteiger partial charge is 0.352 e. The normalized spacial score (nSPS) is 15.0. The molecular formula is C12H20N4O. The first-order chi connectivity index (χ1) is 8.27. The first kappa shape index (κ1) is 13.4. The van der Waals surface area contributed by atoms with E-state index in [4.69, 9.17) is 0 Å². The van der Waals surface area contributed by atoms with Crippen LogP contribution in [-0.2, 0) is 4.79 Å².